The lowest BCUT2D eigenvalue weighted by Gasteiger charge is -2.37. The SMILES string of the molecule is CCOc1cnc(NC(=O)N(C)[C@@H]2CCCN(c3nccc(NC(=O)OC4CCC(F)(F)CC4)n3)C2)cn1. The van der Waals surface area contributed by atoms with E-state index in [4.69, 9.17) is 9.47 Å². The molecule has 14 heteroatoms. The van der Waals surface area contributed by atoms with Gasteiger partial charge in [-0.05, 0) is 38.7 Å². The fourth-order valence-corrected chi connectivity index (χ4v) is 4.41. The van der Waals surface area contributed by atoms with Crippen molar-refractivity contribution in [3.63, 3.8) is 0 Å². The van der Waals surface area contributed by atoms with Crippen molar-refractivity contribution in [2.24, 2.45) is 0 Å². The molecule has 2 N–H and O–H groups in total. The van der Waals surface area contributed by atoms with Crippen LogP contribution < -0.4 is 20.3 Å². The Labute approximate surface area is 219 Å². The summed E-state index contributed by atoms with van der Waals surface area (Å²) >= 11 is 0. The van der Waals surface area contributed by atoms with E-state index in [1.807, 2.05) is 11.8 Å². The molecule has 1 aliphatic heterocycles. The van der Waals surface area contributed by atoms with E-state index in [2.05, 4.69) is 30.6 Å². The molecule has 1 aliphatic carbocycles. The van der Waals surface area contributed by atoms with Gasteiger partial charge in [-0.1, -0.05) is 0 Å². The van der Waals surface area contributed by atoms with Crippen LogP contribution in [0.3, 0.4) is 0 Å². The van der Waals surface area contributed by atoms with Crippen LogP contribution in [0.2, 0.25) is 0 Å². The Morgan fingerprint density at radius 3 is 2.63 bits per heavy atom. The number of ether oxygens (including phenoxy) is 2. The Morgan fingerprint density at radius 1 is 1.13 bits per heavy atom. The lowest BCUT2D eigenvalue weighted by molar-refractivity contribution is -0.0642. The minimum atomic E-state index is -2.69. The van der Waals surface area contributed by atoms with E-state index in [1.54, 1.807) is 11.9 Å². The lowest BCUT2D eigenvalue weighted by atomic mass is 9.94. The Balaban J connectivity index is 1.30. The maximum Gasteiger partial charge on any atom is 0.413 e. The first-order valence-corrected chi connectivity index (χ1v) is 12.6. The summed E-state index contributed by atoms with van der Waals surface area (Å²) in [6, 6.07) is 1.09. The van der Waals surface area contributed by atoms with Crippen molar-refractivity contribution in [2.45, 2.75) is 63.5 Å². The number of alkyl halides is 2. The molecule has 2 fully saturated rings. The number of amides is 3. The molecular weight excluding hydrogens is 502 g/mol. The zero-order chi connectivity index (χ0) is 27.1. The zero-order valence-corrected chi connectivity index (χ0v) is 21.4. The van der Waals surface area contributed by atoms with Crippen LogP contribution in [0.1, 0.15) is 45.4 Å². The monoisotopic (exact) mass is 534 g/mol. The summed E-state index contributed by atoms with van der Waals surface area (Å²) in [6.45, 7) is 3.49. The number of carbonyl (C=O) groups excluding carboxylic acids is 2. The highest BCUT2D eigenvalue weighted by Gasteiger charge is 2.36. The summed E-state index contributed by atoms with van der Waals surface area (Å²) in [7, 11) is 1.71. The molecule has 0 unspecified atom stereocenters. The Bertz CT molecular complexity index is 1100. The van der Waals surface area contributed by atoms with E-state index in [0.717, 1.165) is 12.8 Å². The van der Waals surface area contributed by atoms with Crippen molar-refractivity contribution >= 4 is 29.7 Å². The summed E-state index contributed by atoms with van der Waals surface area (Å²) in [4.78, 5) is 45.6. The molecule has 12 nitrogen and oxygen atoms in total. The van der Waals surface area contributed by atoms with Gasteiger partial charge in [0.25, 0.3) is 0 Å². The van der Waals surface area contributed by atoms with E-state index in [1.165, 1.54) is 24.7 Å². The van der Waals surface area contributed by atoms with Crippen LogP contribution in [-0.4, -0.2) is 81.8 Å². The first-order chi connectivity index (χ1) is 18.2. The van der Waals surface area contributed by atoms with Crippen molar-refractivity contribution in [3.05, 3.63) is 24.7 Å². The molecule has 2 aromatic rings. The van der Waals surface area contributed by atoms with E-state index in [9.17, 15) is 18.4 Å². The molecule has 1 saturated carbocycles. The summed E-state index contributed by atoms with van der Waals surface area (Å²) in [6.07, 6.45) is 4.37. The number of halogens is 2. The second kappa shape index (κ2) is 12.1. The first-order valence-electron chi connectivity index (χ1n) is 12.6. The quantitative estimate of drug-likeness (QED) is 0.542. The fraction of sp³-hybridized carbons (Fsp3) is 0.583. The molecule has 38 heavy (non-hydrogen) atoms. The highest BCUT2D eigenvalue weighted by atomic mass is 19.3. The lowest BCUT2D eigenvalue weighted by Crippen LogP contribution is -2.50. The number of aromatic nitrogens is 4. The van der Waals surface area contributed by atoms with Gasteiger partial charge in [0, 0.05) is 39.2 Å². The van der Waals surface area contributed by atoms with E-state index >= 15 is 0 Å². The maximum atomic E-state index is 13.3. The van der Waals surface area contributed by atoms with Gasteiger partial charge >= 0.3 is 12.1 Å². The van der Waals surface area contributed by atoms with Gasteiger partial charge < -0.3 is 19.3 Å². The number of anilines is 3. The van der Waals surface area contributed by atoms with Crippen molar-refractivity contribution in [1.29, 1.82) is 0 Å². The van der Waals surface area contributed by atoms with Gasteiger partial charge in [0.1, 0.15) is 11.9 Å². The third kappa shape index (κ3) is 7.35. The zero-order valence-electron chi connectivity index (χ0n) is 21.4. The van der Waals surface area contributed by atoms with Crippen molar-refractivity contribution in [1.82, 2.24) is 24.8 Å². The molecule has 2 aliphatic rings. The molecule has 1 atom stereocenters. The summed E-state index contributed by atoms with van der Waals surface area (Å²) < 4.78 is 37.2. The standard InChI is InChI=1S/C24H32F2N8O4/c1-3-37-20-14-28-19(13-29-20)31-22(35)33(2)16-5-4-12-34(15-16)21-27-11-8-18(30-21)32-23(36)38-17-6-9-24(25,26)10-7-17/h8,11,13-14,16-17H,3-7,9-10,12,15H2,1-2H3,(H,28,31,35)(H,27,30,32,36)/t16-/m1/s1. The largest absolute Gasteiger partial charge is 0.477 e. The van der Waals surface area contributed by atoms with Gasteiger partial charge in [0.05, 0.1) is 25.0 Å². The minimum absolute atomic E-state index is 0.117. The Kier molecular flexibility index (Phi) is 8.69. The normalized spacial score (nSPS) is 19.4. The topological polar surface area (TPSA) is 135 Å². The summed E-state index contributed by atoms with van der Waals surface area (Å²) in [5.74, 6) is -1.36. The highest BCUT2D eigenvalue weighted by Crippen LogP contribution is 2.34. The molecule has 3 heterocycles. The molecule has 3 amide bonds. The highest BCUT2D eigenvalue weighted by molar-refractivity contribution is 5.88. The second-order valence-electron chi connectivity index (χ2n) is 9.28. The number of piperidine rings is 1. The predicted octanol–water partition coefficient (Wildman–Crippen LogP) is 3.92. The van der Waals surface area contributed by atoms with Gasteiger partial charge in [-0.2, -0.15) is 4.98 Å². The molecule has 2 aromatic heterocycles. The third-order valence-electron chi connectivity index (χ3n) is 6.51. The number of likely N-dealkylation sites (N-methyl/N-ethyl adjacent to an activating group) is 1. The molecular formula is C24H32F2N8O4. The molecule has 0 radical (unpaired) electrons. The van der Waals surface area contributed by atoms with Crippen LogP contribution in [0.25, 0.3) is 0 Å². The molecule has 1 saturated heterocycles. The van der Waals surface area contributed by atoms with Gasteiger partial charge in [0.2, 0.25) is 17.8 Å². The summed E-state index contributed by atoms with van der Waals surface area (Å²) in [5, 5.41) is 5.29. The number of carbonyl (C=O) groups is 2. The number of hydrogen-bond donors (Lipinski definition) is 2. The van der Waals surface area contributed by atoms with Gasteiger partial charge in [0.15, 0.2) is 5.82 Å². The van der Waals surface area contributed by atoms with Crippen molar-refractivity contribution < 1.29 is 27.8 Å². The smallest absolute Gasteiger partial charge is 0.413 e. The first kappa shape index (κ1) is 27.2. The maximum absolute atomic E-state index is 13.3. The third-order valence-corrected chi connectivity index (χ3v) is 6.51. The van der Waals surface area contributed by atoms with Gasteiger partial charge in [-0.15, -0.1) is 0 Å². The average Bonchev–Trinajstić information content (AvgIpc) is 2.91. The molecule has 0 spiro atoms. The average molecular weight is 535 g/mol. The van der Waals surface area contributed by atoms with Crippen LogP contribution >= 0.6 is 0 Å². The van der Waals surface area contributed by atoms with Crippen LogP contribution in [0, 0.1) is 0 Å². The predicted molar refractivity (Wildman–Crippen MR) is 135 cm³/mol. The Morgan fingerprint density at radius 2 is 1.92 bits per heavy atom. The van der Waals surface area contributed by atoms with Crippen molar-refractivity contribution in [3.8, 4) is 5.88 Å². The second-order valence-corrected chi connectivity index (χ2v) is 9.28. The van der Waals surface area contributed by atoms with Gasteiger partial charge in [-0.25, -0.2) is 33.3 Å². The van der Waals surface area contributed by atoms with Gasteiger partial charge in [-0.3, -0.25) is 10.6 Å². The Hall–Kier alpha value is -3.84. The molecule has 206 valence electrons. The number of urea groups is 1. The van der Waals surface area contributed by atoms with Crippen LogP contribution in [0.5, 0.6) is 5.88 Å². The number of rotatable bonds is 7. The fourth-order valence-electron chi connectivity index (χ4n) is 4.41. The van der Waals surface area contributed by atoms with E-state index in [0.29, 0.717) is 37.3 Å². The van der Waals surface area contributed by atoms with Crippen LogP contribution in [-0.2, 0) is 4.74 Å². The van der Waals surface area contributed by atoms with E-state index in [-0.39, 0.29) is 43.6 Å². The number of nitrogens with zero attached hydrogens (tertiary/aromatic N) is 6. The minimum Gasteiger partial charge on any atom is -0.477 e. The van der Waals surface area contributed by atoms with Crippen molar-refractivity contribution in [2.75, 3.05) is 42.3 Å². The van der Waals surface area contributed by atoms with Crippen LogP contribution in [0.15, 0.2) is 24.7 Å². The number of nitrogens with one attached hydrogen (secondary N) is 2. The molecule has 0 aromatic carbocycles. The number of hydrogen-bond acceptors (Lipinski definition) is 9. The van der Waals surface area contributed by atoms with E-state index < -0.39 is 18.1 Å². The summed E-state index contributed by atoms with van der Waals surface area (Å²) in [5.41, 5.74) is 0. The molecule has 0 bridgehead atoms. The molecule has 4 rings (SSSR count). The van der Waals surface area contributed by atoms with Crippen LogP contribution in [0.4, 0.5) is 36.0 Å².